The molecule has 1 atom stereocenters. The van der Waals surface area contributed by atoms with Crippen LogP contribution < -0.4 is 10.8 Å². The van der Waals surface area contributed by atoms with E-state index in [9.17, 15) is 18.7 Å². The van der Waals surface area contributed by atoms with Gasteiger partial charge in [0.15, 0.2) is 0 Å². The zero-order valence-corrected chi connectivity index (χ0v) is 18.1. The quantitative estimate of drug-likeness (QED) is 0.321. The van der Waals surface area contributed by atoms with Crippen LogP contribution in [0.1, 0.15) is 30.1 Å². The minimum atomic E-state index is -0.700. The predicted molar refractivity (Wildman–Crippen MR) is 111 cm³/mol. The number of aliphatic hydroxyl groups excluding tert-OH is 1. The molecule has 1 amide bonds. The van der Waals surface area contributed by atoms with Crippen molar-refractivity contribution in [2.75, 3.05) is 11.9 Å². The number of hydroxylamine groups is 1. The molecule has 2 rings (SSSR count). The molecule has 3 N–H and O–H groups in total. The highest BCUT2D eigenvalue weighted by atomic mass is 127. The minimum absolute atomic E-state index is 0.0474. The lowest BCUT2D eigenvalue weighted by atomic mass is 10.1. The van der Waals surface area contributed by atoms with E-state index in [0.29, 0.717) is 9.99 Å². The van der Waals surface area contributed by atoms with Gasteiger partial charge in [-0.15, -0.1) is 0 Å². The summed E-state index contributed by atoms with van der Waals surface area (Å²) in [5.41, 5.74) is 2.43. The molecule has 27 heavy (non-hydrogen) atoms. The van der Waals surface area contributed by atoms with Crippen molar-refractivity contribution in [3.63, 3.8) is 0 Å². The standard InChI is InChI=1S/C18H18BrF2IN2O3/c1-2-3-11(25)9-27-24-18(26)12-7-13(19)14(20)8-17(12)23-16-5-4-10(22)6-15(16)21/h4-8,11,23,25H,2-3,9H2,1H3,(H,24,26). The molecule has 2 aromatic rings. The van der Waals surface area contributed by atoms with Crippen molar-refractivity contribution in [1.82, 2.24) is 5.48 Å². The molecule has 146 valence electrons. The second-order valence-corrected chi connectivity index (χ2v) is 7.85. The smallest absolute Gasteiger partial charge is 0.276 e. The van der Waals surface area contributed by atoms with Gasteiger partial charge in [-0.1, -0.05) is 13.3 Å². The maximum absolute atomic E-state index is 14.1. The van der Waals surface area contributed by atoms with Crippen molar-refractivity contribution in [3.05, 3.63) is 55.6 Å². The Bertz CT molecular complexity index is 823. The largest absolute Gasteiger partial charge is 0.391 e. The Balaban J connectivity index is 2.19. The molecule has 0 saturated carbocycles. The summed E-state index contributed by atoms with van der Waals surface area (Å²) < 4.78 is 28.8. The number of amides is 1. The first kappa shape index (κ1) is 22.0. The van der Waals surface area contributed by atoms with Gasteiger partial charge in [0.1, 0.15) is 18.2 Å². The van der Waals surface area contributed by atoms with Gasteiger partial charge in [0.05, 0.1) is 27.5 Å². The van der Waals surface area contributed by atoms with Crippen molar-refractivity contribution in [1.29, 1.82) is 0 Å². The van der Waals surface area contributed by atoms with E-state index < -0.39 is 23.6 Å². The number of hydrogen-bond acceptors (Lipinski definition) is 4. The summed E-state index contributed by atoms with van der Waals surface area (Å²) in [6.45, 7) is 1.84. The topological polar surface area (TPSA) is 70.6 Å². The lowest BCUT2D eigenvalue weighted by Crippen LogP contribution is -2.29. The van der Waals surface area contributed by atoms with Crippen LogP contribution in [-0.2, 0) is 4.84 Å². The first-order valence-corrected chi connectivity index (χ1v) is 10.00. The van der Waals surface area contributed by atoms with Crippen molar-refractivity contribution in [2.45, 2.75) is 25.9 Å². The number of anilines is 2. The monoisotopic (exact) mass is 554 g/mol. The lowest BCUT2D eigenvalue weighted by molar-refractivity contribution is -0.0149. The Morgan fingerprint density at radius 1 is 1.26 bits per heavy atom. The van der Waals surface area contributed by atoms with Crippen molar-refractivity contribution in [3.8, 4) is 0 Å². The highest BCUT2D eigenvalue weighted by molar-refractivity contribution is 14.1. The number of hydrogen-bond donors (Lipinski definition) is 3. The average Bonchev–Trinajstić information content (AvgIpc) is 2.60. The van der Waals surface area contributed by atoms with E-state index in [1.807, 2.05) is 29.5 Å². The van der Waals surface area contributed by atoms with Crippen LogP contribution in [0.5, 0.6) is 0 Å². The van der Waals surface area contributed by atoms with Gasteiger partial charge in [-0.3, -0.25) is 9.63 Å². The molecule has 0 bridgehead atoms. The van der Waals surface area contributed by atoms with Gasteiger partial charge in [0.25, 0.3) is 5.91 Å². The van der Waals surface area contributed by atoms with E-state index >= 15 is 0 Å². The zero-order valence-electron chi connectivity index (χ0n) is 14.4. The van der Waals surface area contributed by atoms with E-state index in [2.05, 4.69) is 26.7 Å². The predicted octanol–water partition coefficient (Wildman–Crippen LogP) is 4.90. The fraction of sp³-hybridized carbons (Fsp3) is 0.278. The van der Waals surface area contributed by atoms with Gasteiger partial charge < -0.3 is 10.4 Å². The Hall–Kier alpha value is -1.30. The molecule has 2 aromatic carbocycles. The second kappa shape index (κ2) is 10.3. The normalized spacial score (nSPS) is 11.9. The number of halogens is 4. The number of rotatable bonds is 8. The fourth-order valence-electron chi connectivity index (χ4n) is 2.25. The molecule has 0 aliphatic heterocycles. The molecule has 0 aliphatic rings. The van der Waals surface area contributed by atoms with Crippen LogP contribution in [0.4, 0.5) is 20.2 Å². The third-order valence-electron chi connectivity index (χ3n) is 3.57. The van der Waals surface area contributed by atoms with E-state index in [-0.39, 0.29) is 28.0 Å². The fourth-order valence-corrected chi connectivity index (χ4v) is 3.05. The Morgan fingerprint density at radius 3 is 2.67 bits per heavy atom. The second-order valence-electron chi connectivity index (χ2n) is 5.75. The van der Waals surface area contributed by atoms with E-state index in [4.69, 9.17) is 4.84 Å². The molecule has 9 heteroatoms. The van der Waals surface area contributed by atoms with E-state index in [0.717, 1.165) is 12.5 Å². The molecule has 0 fully saturated rings. The van der Waals surface area contributed by atoms with E-state index in [1.54, 1.807) is 6.07 Å². The van der Waals surface area contributed by atoms with Gasteiger partial charge >= 0.3 is 0 Å². The van der Waals surface area contributed by atoms with Crippen LogP contribution in [-0.4, -0.2) is 23.7 Å². The molecule has 0 aromatic heterocycles. The van der Waals surface area contributed by atoms with Gasteiger partial charge in [-0.2, -0.15) is 0 Å². The number of nitrogens with one attached hydrogen (secondary N) is 2. The summed E-state index contributed by atoms with van der Waals surface area (Å²) in [6.07, 6.45) is 0.615. The zero-order chi connectivity index (χ0) is 20.0. The summed E-state index contributed by atoms with van der Waals surface area (Å²) in [5.74, 6) is -1.80. The molecule has 0 aliphatic carbocycles. The molecule has 0 heterocycles. The van der Waals surface area contributed by atoms with Crippen LogP contribution in [0.2, 0.25) is 0 Å². The highest BCUT2D eigenvalue weighted by Crippen LogP contribution is 2.29. The molecule has 0 spiro atoms. The van der Waals surface area contributed by atoms with Crippen LogP contribution >= 0.6 is 38.5 Å². The van der Waals surface area contributed by atoms with Gasteiger partial charge in [-0.05, 0) is 75.3 Å². The van der Waals surface area contributed by atoms with Crippen molar-refractivity contribution < 1.29 is 23.5 Å². The lowest BCUT2D eigenvalue weighted by Gasteiger charge is -2.15. The molecule has 0 radical (unpaired) electrons. The van der Waals surface area contributed by atoms with Crippen LogP contribution in [0, 0.1) is 15.2 Å². The maximum Gasteiger partial charge on any atom is 0.276 e. The van der Waals surface area contributed by atoms with Gasteiger partial charge in [-0.25, -0.2) is 14.3 Å². The van der Waals surface area contributed by atoms with Crippen LogP contribution in [0.25, 0.3) is 0 Å². The van der Waals surface area contributed by atoms with Crippen LogP contribution in [0.3, 0.4) is 0 Å². The van der Waals surface area contributed by atoms with Gasteiger partial charge in [0.2, 0.25) is 0 Å². The van der Waals surface area contributed by atoms with Crippen molar-refractivity contribution >= 4 is 55.8 Å². The summed E-state index contributed by atoms with van der Waals surface area (Å²) in [5, 5.41) is 12.4. The average molecular weight is 555 g/mol. The molecular weight excluding hydrogens is 537 g/mol. The minimum Gasteiger partial charge on any atom is -0.391 e. The molecule has 5 nitrogen and oxygen atoms in total. The first-order valence-electron chi connectivity index (χ1n) is 8.13. The molecule has 1 unspecified atom stereocenters. The third kappa shape index (κ3) is 6.37. The Labute approximate surface area is 177 Å². The Kier molecular flexibility index (Phi) is 8.39. The Morgan fingerprint density at radius 2 is 2.00 bits per heavy atom. The SMILES string of the molecule is CCCC(O)CONC(=O)c1cc(Br)c(F)cc1Nc1ccc(I)cc1F. The summed E-state index contributed by atoms with van der Waals surface area (Å²) in [7, 11) is 0. The maximum atomic E-state index is 14.1. The number of carbonyl (C=O) groups is 1. The van der Waals surface area contributed by atoms with Crippen LogP contribution in [0.15, 0.2) is 34.8 Å². The highest BCUT2D eigenvalue weighted by Gasteiger charge is 2.17. The molecular formula is C18H18BrF2IN2O3. The number of benzene rings is 2. The van der Waals surface area contributed by atoms with E-state index in [1.165, 1.54) is 18.2 Å². The number of aliphatic hydroxyl groups is 1. The van der Waals surface area contributed by atoms with Crippen molar-refractivity contribution in [2.24, 2.45) is 0 Å². The first-order chi connectivity index (χ1) is 12.8. The third-order valence-corrected chi connectivity index (χ3v) is 4.85. The summed E-state index contributed by atoms with van der Waals surface area (Å²) in [6, 6.07) is 6.84. The van der Waals surface area contributed by atoms with Gasteiger partial charge in [0, 0.05) is 3.57 Å². The number of carbonyl (C=O) groups excluding carboxylic acids is 1. The summed E-state index contributed by atoms with van der Waals surface area (Å²) in [4.78, 5) is 17.4. The molecule has 0 saturated heterocycles. The summed E-state index contributed by atoms with van der Waals surface area (Å²) >= 11 is 5.00.